The Labute approximate surface area is 76.2 Å². The van der Waals surface area contributed by atoms with E-state index in [1.54, 1.807) is 5.57 Å². The summed E-state index contributed by atoms with van der Waals surface area (Å²) in [6, 6.07) is 0. The lowest BCUT2D eigenvalue weighted by Gasteiger charge is -2.19. The van der Waals surface area contributed by atoms with Crippen molar-refractivity contribution in [3.05, 3.63) is 11.6 Å². The maximum atomic E-state index is 3.40. The van der Waals surface area contributed by atoms with Gasteiger partial charge in [0.1, 0.15) is 0 Å². The van der Waals surface area contributed by atoms with Crippen LogP contribution >= 0.6 is 0 Å². The van der Waals surface area contributed by atoms with E-state index >= 15 is 0 Å². The Kier molecular flexibility index (Phi) is 3.33. The van der Waals surface area contributed by atoms with Gasteiger partial charge in [0.05, 0.1) is 0 Å². The van der Waals surface area contributed by atoms with E-state index in [4.69, 9.17) is 0 Å². The van der Waals surface area contributed by atoms with Crippen LogP contribution < -0.4 is 5.32 Å². The quantitative estimate of drug-likeness (QED) is 0.592. The maximum absolute atomic E-state index is 3.40. The second-order valence-electron chi connectivity index (χ2n) is 4.91. The highest BCUT2D eigenvalue weighted by Crippen LogP contribution is 2.21. The summed E-state index contributed by atoms with van der Waals surface area (Å²) in [5, 5.41) is 3.40. The van der Waals surface area contributed by atoms with Gasteiger partial charge in [-0.2, -0.15) is 0 Å². The molecular formula is C11H21N. The molecule has 1 heteroatoms. The first kappa shape index (κ1) is 9.79. The molecule has 0 atom stereocenters. The van der Waals surface area contributed by atoms with Gasteiger partial charge in [0.2, 0.25) is 0 Å². The number of rotatable bonds is 1. The zero-order valence-corrected chi connectivity index (χ0v) is 8.61. The van der Waals surface area contributed by atoms with Crippen molar-refractivity contribution >= 4 is 0 Å². The Morgan fingerprint density at radius 1 is 1.42 bits per heavy atom. The number of nitrogens with one attached hydrogen (secondary N) is 1. The first-order valence-electron chi connectivity index (χ1n) is 4.96. The van der Waals surface area contributed by atoms with Crippen molar-refractivity contribution in [2.45, 2.75) is 40.0 Å². The third-order valence-electron chi connectivity index (χ3n) is 2.21. The monoisotopic (exact) mass is 167 g/mol. The summed E-state index contributed by atoms with van der Waals surface area (Å²) in [4.78, 5) is 0. The number of hydrogen-bond acceptors (Lipinski definition) is 1. The van der Waals surface area contributed by atoms with Gasteiger partial charge in [-0.3, -0.25) is 0 Å². The minimum Gasteiger partial charge on any atom is -0.313 e. The minimum atomic E-state index is 0.449. The Bertz CT molecular complexity index is 154. The molecule has 70 valence electrons. The molecule has 0 amide bonds. The maximum Gasteiger partial charge on any atom is 0.0164 e. The second-order valence-corrected chi connectivity index (χ2v) is 4.91. The Balaban J connectivity index is 2.35. The highest BCUT2D eigenvalue weighted by atomic mass is 14.9. The Hall–Kier alpha value is -0.300. The lowest BCUT2D eigenvalue weighted by molar-refractivity contribution is 0.417. The van der Waals surface area contributed by atoms with Crippen molar-refractivity contribution in [1.29, 1.82) is 0 Å². The van der Waals surface area contributed by atoms with Crippen LogP contribution in [0.25, 0.3) is 0 Å². The van der Waals surface area contributed by atoms with Gasteiger partial charge in [-0.1, -0.05) is 32.4 Å². The van der Waals surface area contributed by atoms with Crippen LogP contribution in [0.4, 0.5) is 0 Å². The van der Waals surface area contributed by atoms with Gasteiger partial charge in [-0.15, -0.1) is 0 Å². The molecule has 0 radical (unpaired) electrons. The lowest BCUT2D eigenvalue weighted by Crippen LogP contribution is -2.24. The Morgan fingerprint density at radius 2 is 2.17 bits per heavy atom. The molecule has 0 aromatic rings. The highest BCUT2D eigenvalue weighted by Gasteiger charge is 2.09. The molecule has 0 saturated carbocycles. The van der Waals surface area contributed by atoms with Gasteiger partial charge < -0.3 is 5.32 Å². The van der Waals surface area contributed by atoms with Crippen molar-refractivity contribution in [2.24, 2.45) is 5.41 Å². The van der Waals surface area contributed by atoms with Crippen LogP contribution in [0.1, 0.15) is 40.0 Å². The van der Waals surface area contributed by atoms with Crippen LogP contribution in [0, 0.1) is 5.41 Å². The fourth-order valence-corrected chi connectivity index (χ4v) is 1.40. The molecule has 1 N–H and O–H groups in total. The number of hydrogen-bond donors (Lipinski definition) is 1. The third kappa shape index (κ3) is 3.91. The van der Waals surface area contributed by atoms with Gasteiger partial charge in [0.25, 0.3) is 0 Å². The summed E-state index contributed by atoms with van der Waals surface area (Å²) in [6.07, 6.45) is 6.26. The highest BCUT2D eigenvalue weighted by molar-refractivity contribution is 5.07. The minimum absolute atomic E-state index is 0.449. The number of allylic oxidation sites excluding steroid dienone is 1. The predicted octanol–water partition coefficient (Wildman–Crippen LogP) is 2.73. The SMILES string of the molecule is CC(C)(C)C/C=C1/CCCNC1. The first-order valence-corrected chi connectivity index (χ1v) is 4.96. The Morgan fingerprint density at radius 3 is 2.67 bits per heavy atom. The van der Waals surface area contributed by atoms with Crippen molar-refractivity contribution < 1.29 is 0 Å². The molecule has 0 bridgehead atoms. The summed E-state index contributed by atoms with van der Waals surface area (Å²) >= 11 is 0. The zero-order chi connectivity index (χ0) is 9.03. The summed E-state index contributed by atoms with van der Waals surface area (Å²) in [5.41, 5.74) is 2.06. The smallest absolute Gasteiger partial charge is 0.0164 e. The van der Waals surface area contributed by atoms with Crippen LogP contribution in [0.15, 0.2) is 11.6 Å². The van der Waals surface area contributed by atoms with E-state index in [0.717, 1.165) is 6.54 Å². The van der Waals surface area contributed by atoms with Gasteiger partial charge in [-0.25, -0.2) is 0 Å². The summed E-state index contributed by atoms with van der Waals surface area (Å²) < 4.78 is 0. The molecule has 0 unspecified atom stereocenters. The van der Waals surface area contributed by atoms with Crippen molar-refractivity contribution in [3.8, 4) is 0 Å². The van der Waals surface area contributed by atoms with Crippen LogP contribution in [-0.2, 0) is 0 Å². The van der Waals surface area contributed by atoms with E-state index in [1.165, 1.54) is 25.8 Å². The van der Waals surface area contributed by atoms with E-state index in [0.29, 0.717) is 5.41 Å². The van der Waals surface area contributed by atoms with Crippen LogP contribution in [0.3, 0.4) is 0 Å². The first-order chi connectivity index (χ1) is 5.58. The van der Waals surface area contributed by atoms with E-state index in [-0.39, 0.29) is 0 Å². The lowest BCUT2D eigenvalue weighted by atomic mass is 9.90. The van der Waals surface area contributed by atoms with Crippen LogP contribution in [0.2, 0.25) is 0 Å². The summed E-state index contributed by atoms with van der Waals surface area (Å²) in [6.45, 7) is 9.20. The van der Waals surface area contributed by atoms with Crippen molar-refractivity contribution in [1.82, 2.24) is 5.32 Å². The molecule has 1 nitrogen and oxygen atoms in total. The van der Waals surface area contributed by atoms with Crippen LogP contribution in [-0.4, -0.2) is 13.1 Å². The molecule has 0 aromatic heterocycles. The van der Waals surface area contributed by atoms with E-state index in [1.807, 2.05) is 0 Å². The van der Waals surface area contributed by atoms with E-state index in [2.05, 4.69) is 32.2 Å². The summed E-state index contributed by atoms with van der Waals surface area (Å²) in [7, 11) is 0. The molecule has 1 aliphatic rings. The molecule has 0 aliphatic carbocycles. The molecule has 0 spiro atoms. The fraction of sp³-hybridized carbons (Fsp3) is 0.818. The molecule has 1 rings (SSSR count). The largest absolute Gasteiger partial charge is 0.313 e. The number of piperidine rings is 1. The van der Waals surface area contributed by atoms with Crippen molar-refractivity contribution in [2.75, 3.05) is 13.1 Å². The van der Waals surface area contributed by atoms with Gasteiger partial charge in [0, 0.05) is 6.54 Å². The van der Waals surface area contributed by atoms with E-state index < -0.39 is 0 Å². The van der Waals surface area contributed by atoms with Gasteiger partial charge >= 0.3 is 0 Å². The van der Waals surface area contributed by atoms with Crippen molar-refractivity contribution in [3.63, 3.8) is 0 Å². The standard InChI is InChI=1S/C11H21N/c1-11(2,3)7-6-10-5-4-8-12-9-10/h6,12H,4-5,7-9H2,1-3H3/b10-6-. The molecule has 1 saturated heterocycles. The molecule has 1 fully saturated rings. The topological polar surface area (TPSA) is 12.0 Å². The molecule has 1 heterocycles. The molecule has 0 aromatic carbocycles. The van der Waals surface area contributed by atoms with E-state index in [9.17, 15) is 0 Å². The summed E-state index contributed by atoms with van der Waals surface area (Å²) in [5.74, 6) is 0. The van der Waals surface area contributed by atoms with Gasteiger partial charge in [-0.05, 0) is 31.2 Å². The zero-order valence-electron chi connectivity index (χ0n) is 8.61. The normalized spacial score (nSPS) is 23.1. The molecule has 12 heavy (non-hydrogen) atoms. The average molecular weight is 167 g/mol. The van der Waals surface area contributed by atoms with Gasteiger partial charge in [0.15, 0.2) is 0 Å². The second kappa shape index (κ2) is 4.08. The molecule has 1 aliphatic heterocycles. The van der Waals surface area contributed by atoms with Crippen LogP contribution in [0.5, 0.6) is 0 Å². The molecular weight excluding hydrogens is 146 g/mol. The fourth-order valence-electron chi connectivity index (χ4n) is 1.40. The average Bonchev–Trinajstić information content (AvgIpc) is 2.02. The predicted molar refractivity (Wildman–Crippen MR) is 54.3 cm³/mol. The third-order valence-corrected chi connectivity index (χ3v) is 2.21.